The number of nitrogens with zero attached hydrogens (tertiary/aromatic N) is 1. The van der Waals surface area contributed by atoms with Crippen molar-refractivity contribution in [2.24, 2.45) is 0 Å². The van der Waals surface area contributed by atoms with Gasteiger partial charge in [0.25, 0.3) is 11.6 Å². The van der Waals surface area contributed by atoms with E-state index in [1.807, 2.05) is 0 Å². The number of non-ortho nitro benzene ring substituents is 1. The van der Waals surface area contributed by atoms with E-state index in [2.05, 4.69) is 5.32 Å². The van der Waals surface area contributed by atoms with Gasteiger partial charge >= 0.3 is 0 Å². The first-order chi connectivity index (χ1) is 9.88. The number of carbonyl (C=O) groups is 1. The van der Waals surface area contributed by atoms with Crippen molar-refractivity contribution in [1.82, 2.24) is 0 Å². The lowest BCUT2D eigenvalue weighted by molar-refractivity contribution is -0.384. The lowest BCUT2D eigenvalue weighted by atomic mass is 10.1. The van der Waals surface area contributed by atoms with E-state index < -0.39 is 22.5 Å². The number of nitro groups is 1. The number of nitro benzene ring substituents is 1. The maximum Gasteiger partial charge on any atom is 0.270 e. The highest BCUT2D eigenvalue weighted by Crippen LogP contribution is 2.22. The summed E-state index contributed by atoms with van der Waals surface area (Å²) in [5, 5.41) is 12.8. The molecular formula is C13H9F2N3O3. The normalized spacial score (nSPS) is 10.2. The van der Waals surface area contributed by atoms with Crippen LogP contribution in [0.5, 0.6) is 0 Å². The largest absolute Gasteiger partial charge is 0.398 e. The highest BCUT2D eigenvalue weighted by Gasteiger charge is 2.17. The zero-order valence-corrected chi connectivity index (χ0v) is 10.5. The predicted octanol–water partition coefficient (Wildman–Crippen LogP) is 2.71. The average Bonchev–Trinajstić information content (AvgIpc) is 2.43. The summed E-state index contributed by atoms with van der Waals surface area (Å²) in [5.41, 5.74) is 4.62. The smallest absolute Gasteiger partial charge is 0.270 e. The molecule has 0 atom stereocenters. The molecule has 0 unspecified atom stereocenters. The molecule has 6 nitrogen and oxygen atoms in total. The molecule has 2 aromatic rings. The SMILES string of the molecule is Nc1ccc([N+](=O)[O-])cc1C(=O)Nc1cc(F)ccc1F. The summed E-state index contributed by atoms with van der Waals surface area (Å²) >= 11 is 0. The molecule has 0 aliphatic carbocycles. The highest BCUT2D eigenvalue weighted by molar-refractivity contribution is 6.08. The fourth-order valence-electron chi connectivity index (χ4n) is 1.64. The lowest BCUT2D eigenvalue weighted by Gasteiger charge is -2.08. The van der Waals surface area contributed by atoms with Crippen LogP contribution < -0.4 is 11.1 Å². The molecule has 0 aliphatic rings. The van der Waals surface area contributed by atoms with Gasteiger partial charge in [-0.1, -0.05) is 0 Å². The Morgan fingerprint density at radius 1 is 1.19 bits per heavy atom. The summed E-state index contributed by atoms with van der Waals surface area (Å²) < 4.78 is 26.5. The van der Waals surface area contributed by atoms with Gasteiger partial charge in [-0.3, -0.25) is 14.9 Å². The van der Waals surface area contributed by atoms with Crippen LogP contribution in [-0.2, 0) is 0 Å². The predicted molar refractivity (Wildman–Crippen MR) is 71.8 cm³/mol. The molecule has 0 bridgehead atoms. The minimum absolute atomic E-state index is 0.0186. The van der Waals surface area contributed by atoms with E-state index in [4.69, 9.17) is 5.73 Å². The number of rotatable bonds is 3. The molecule has 0 fully saturated rings. The van der Waals surface area contributed by atoms with Crippen LogP contribution in [0.3, 0.4) is 0 Å². The number of nitrogens with one attached hydrogen (secondary N) is 1. The third-order valence-corrected chi connectivity index (χ3v) is 2.67. The molecule has 0 aliphatic heterocycles. The summed E-state index contributed by atoms with van der Waals surface area (Å²) in [6.45, 7) is 0. The van der Waals surface area contributed by atoms with Gasteiger partial charge in [0.05, 0.1) is 16.2 Å². The second-order valence-electron chi connectivity index (χ2n) is 4.11. The van der Waals surface area contributed by atoms with Gasteiger partial charge in [-0.05, 0) is 18.2 Å². The van der Waals surface area contributed by atoms with Crippen molar-refractivity contribution in [1.29, 1.82) is 0 Å². The Hall–Kier alpha value is -3.03. The molecule has 3 N–H and O–H groups in total. The minimum Gasteiger partial charge on any atom is -0.398 e. The van der Waals surface area contributed by atoms with Crippen molar-refractivity contribution in [3.8, 4) is 0 Å². The van der Waals surface area contributed by atoms with Crippen LogP contribution in [0, 0.1) is 21.7 Å². The first-order valence-corrected chi connectivity index (χ1v) is 5.69. The van der Waals surface area contributed by atoms with Gasteiger partial charge in [0.15, 0.2) is 0 Å². The van der Waals surface area contributed by atoms with E-state index in [0.29, 0.717) is 0 Å². The number of amides is 1. The van der Waals surface area contributed by atoms with E-state index >= 15 is 0 Å². The van der Waals surface area contributed by atoms with E-state index in [1.165, 1.54) is 6.07 Å². The fourth-order valence-corrected chi connectivity index (χ4v) is 1.64. The molecule has 0 saturated carbocycles. The number of nitrogen functional groups attached to an aromatic ring is 1. The summed E-state index contributed by atoms with van der Waals surface area (Å²) in [6.07, 6.45) is 0. The molecule has 0 radical (unpaired) electrons. The molecule has 21 heavy (non-hydrogen) atoms. The van der Waals surface area contributed by atoms with Crippen LogP contribution in [0.2, 0.25) is 0 Å². The van der Waals surface area contributed by atoms with Crippen LogP contribution in [0.1, 0.15) is 10.4 Å². The summed E-state index contributed by atoms with van der Waals surface area (Å²) in [7, 11) is 0. The topological polar surface area (TPSA) is 98.3 Å². The second kappa shape index (κ2) is 5.53. The van der Waals surface area contributed by atoms with E-state index in [0.717, 1.165) is 30.3 Å². The molecule has 0 saturated heterocycles. The zero-order chi connectivity index (χ0) is 15.6. The Balaban J connectivity index is 2.34. The molecule has 0 heterocycles. The number of anilines is 2. The standard InChI is InChI=1S/C13H9F2N3O3/c14-7-1-3-10(15)12(5-7)17-13(19)9-6-8(18(20)21)2-4-11(9)16/h1-6H,16H2,(H,17,19). The third-order valence-electron chi connectivity index (χ3n) is 2.67. The minimum atomic E-state index is -0.874. The van der Waals surface area contributed by atoms with Crippen LogP contribution in [0.4, 0.5) is 25.8 Å². The summed E-state index contributed by atoms with van der Waals surface area (Å²) in [5.74, 6) is -2.45. The fraction of sp³-hybridized carbons (Fsp3) is 0. The van der Waals surface area contributed by atoms with Gasteiger partial charge in [-0.15, -0.1) is 0 Å². The van der Waals surface area contributed by atoms with Crippen molar-refractivity contribution >= 4 is 23.0 Å². The first-order valence-electron chi connectivity index (χ1n) is 5.69. The van der Waals surface area contributed by atoms with Gasteiger partial charge < -0.3 is 11.1 Å². The zero-order valence-electron chi connectivity index (χ0n) is 10.5. The average molecular weight is 293 g/mol. The summed E-state index contributed by atoms with van der Waals surface area (Å²) in [6, 6.07) is 5.82. The van der Waals surface area contributed by atoms with Gasteiger partial charge in [-0.2, -0.15) is 0 Å². The molecule has 0 aromatic heterocycles. The van der Waals surface area contributed by atoms with Crippen molar-refractivity contribution in [2.75, 3.05) is 11.1 Å². The van der Waals surface area contributed by atoms with Gasteiger partial charge in [0.2, 0.25) is 0 Å². The van der Waals surface area contributed by atoms with E-state index in [-0.39, 0.29) is 22.6 Å². The van der Waals surface area contributed by atoms with Crippen LogP contribution >= 0.6 is 0 Å². The monoisotopic (exact) mass is 293 g/mol. The van der Waals surface area contributed by atoms with Crippen LogP contribution in [0.25, 0.3) is 0 Å². The molecule has 108 valence electrons. The van der Waals surface area contributed by atoms with Gasteiger partial charge in [-0.25, -0.2) is 8.78 Å². The number of nitrogens with two attached hydrogens (primary N) is 1. The van der Waals surface area contributed by atoms with Crippen molar-refractivity contribution < 1.29 is 18.5 Å². The van der Waals surface area contributed by atoms with E-state index in [9.17, 15) is 23.7 Å². The van der Waals surface area contributed by atoms with Crippen molar-refractivity contribution in [3.63, 3.8) is 0 Å². The molecule has 0 spiro atoms. The Morgan fingerprint density at radius 3 is 2.57 bits per heavy atom. The Kier molecular flexibility index (Phi) is 3.79. The van der Waals surface area contributed by atoms with Crippen molar-refractivity contribution in [2.45, 2.75) is 0 Å². The Morgan fingerprint density at radius 2 is 1.90 bits per heavy atom. The molecule has 2 aromatic carbocycles. The molecule has 8 heteroatoms. The molecule has 1 amide bonds. The maximum absolute atomic E-state index is 13.4. The Labute approximate surface area is 117 Å². The van der Waals surface area contributed by atoms with Crippen molar-refractivity contribution in [3.05, 3.63) is 63.7 Å². The Bertz CT molecular complexity index is 735. The molecular weight excluding hydrogens is 284 g/mol. The quantitative estimate of drug-likeness (QED) is 0.516. The van der Waals surface area contributed by atoms with Gasteiger partial charge in [0, 0.05) is 23.9 Å². The summed E-state index contributed by atoms with van der Waals surface area (Å²) in [4.78, 5) is 21.9. The van der Waals surface area contributed by atoms with Gasteiger partial charge in [0.1, 0.15) is 11.6 Å². The number of carbonyl (C=O) groups excluding carboxylic acids is 1. The number of benzene rings is 2. The van der Waals surface area contributed by atoms with Crippen LogP contribution in [0.15, 0.2) is 36.4 Å². The number of hydrogen-bond donors (Lipinski definition) is 2. The van der Waals surface area contributed by atoms with Crippen LogP contribution in [-0.4, -0.2) is 10.8 Å². The number of halogens is 2. The number of hydrogen-bond acceptors (Lipinski definition) is 4. The lowest BCUT2D eigenvalue weighted by Crippen LogP contribution is -2.15. The third kappa shape index (κ3) is 3.11. The molecule has 2 rings (SSSR count). The second-order valence-corrected chi connectivity index (χ2v) is 4.11. The maximum atomic E-state index is 13.4. The highest BCUT2D eigenvalue weighted by atomic mass is 19.1. The van der Waals surface area contributed by atoms with E-state index in [1.54, 1.807) is 0 Å². The first kappa shape index (κ1) is 14.4.